The molecular weight excluding hydrogens is 372 g/mol. The van der Waals surface area contributed by atoms with Gasteiger partial charge < -0.3 is 9.88 Å². The summed E-state index contributed by atoms with van der Waals surface area (Å²) < 4.78 is 2.34. The van der Waals surface area contributed by atoms with E-state index in [9.17, 15) is 4.79 Å². The van der Waals surface area contributed by atoms with Gasteiger partial charge in [-0.3, -0.25) is 9.69 Å². The second kappa shape index (κ2) is 9.00. The van der Waals surface area contributed by atoms with E-state index in [-0.39, 0.29) is 17.9 Å². The van der Waals surface area contributed by atoms with Gasteiger partial charge in [-0.1, -0.05) is 42.5 Å². The van der Waals surface area contributed by atoms with Gasteiger partial charge in [-0.25, -0.2) is 4.98 Å². The smallest absolute Gasteiger partial charge is 0.223 e. The van der Waals surface area contributed by atoms with Crippen LogP contribution in [0.4, 0.5) is 0 Å². The number of piperidine rings is 1. The second-order valence-electron chi connectivity index (χ2n) is 8.67. The van der Waals surface area contributed by atoms with Crippen molar-refractivity contribution in [3.05, 3.63) is 66.0 Å². The third-order valence-corrected chi connectivity index (χ3v) is 6.17. The summed E-state index contributed by atoms with van der Waals surface area (Å²) in [7, 11) is 0. The molecule has 0 unspecified atom stereocenters. The maximum absolute atomic E-state index is 12.8. The highest BCUT2D eigenvalue weighted by molar-refractivity contribution is 5.79. The number of fused-ring (bicyclic) bond motifs is 1. The van der Waals surface area contributed by atoms with E-state index in [1.165, 1.54) is 5.52 Å². The van der Waals surface area contributed by atoms with Crippen LogP contribution in [0.1, 0.15) is 57.1 Å². The van der Waals surface area contributed by atoms with Crippen molar-refractivity contribution < 1.29 is 4.79 Å². The monoisotopic (exact) mass is 404 g/mol. The molecule has 0 saturated carbocycles. The number of likely N-dealkylation sites (tertiary alicyclic amines) is 1. The van der Waals surface area contributed by atoms with Crippen molar-refractivity contribution in [2.75, 3.05) is 13.1 Å². The molecule has 1 aromatic heterocycles. The zero-order valence-corrected chi connectivity index (χ0v) is 18.2. The van der Waals surface area contributed by atoms with Crippen LogP contribution in [-0.4, -0.2) is 33.4 Å². The lowest BCUT2D eigenvalue weighted by Gasteiger charge is -2.32. The maximum Gasteiger partial charge on any atom is 0.223 e. The van der Waals surface area contributed by atoms with E-state index in [0.29, 0.717) is 6.04 Å². The molecule has 1 aliphatic rings. The number of aromatic nitrogens is 2. The summed E-state index contributed by atoms with van der Waals surface area (Å²) in [5.74, 6) is 1.39. The first-order valence-corrected chi connectivity index (χ1v) is 11.1. The Morgan fingerprint density at radius 2 is 1.70 bits per heavy atom. The van der Waals surface area contributed by atoms with Crippen molar-refractivity contribution in [2.24, 2.45) is 5.92 Å². The summed E-state index contributed by atoms with van der Waals surface area (Å²) in [6.07, 6.45) is 1.80. The normalized spacial score (nSPS) is 16.8. The summed E-state index contributed by atoms with van der Waals surface area (Å²) in [5, 5.41) is 3.20. The number of nitrogens with one attached hydrogen (secondary N) is 1. The average molecular weight is 405 g/mol. The van der Waals surface area contributed by atoms with Crippen LogP contribution in [0.3, 0.4) is 0 Å². The molecule has 30 heavy (non-hydrogen) atoms. The first kappa shape index (κ1) is 20.6. The molecule has 1 fully saturated rings. The second-order valence-corrected chi connectivity index (χ2v) is 8.67. The molecule has 0 radical (unpaired) electrons. The van der Waals surface area contributed by atoms with Gasteiger partial charge in [-0.05, 0) is 64.4 Å². The van der Waals surface area contributed by atoms with Gasteiger partial charge in [-0.2, -0.15) is 0 Å². The predicted octanol–water partition coefficient (Wildman–Crippen LogP) is 4.71. The maximum atomic E-state index is 12.8. The van der Waals surface area contributed by atoms with Crippen molar-refractivity contribution in [1.82, 2.24) is 19.8 Å². The Morgan fingerprint density at radius 3 is 2.40 bits per heavy atom. The molecule has 0 aliphatic carbocycles. The molecule has 5 heteroatoms. The van der Waals surface area contributed by atoms with Crippen molar-refractivity contribution in [2.45, 2.75) is 52.2 Å². The standard InChI is InChI=1S/C25H32N4O/c1-18(2)29-23-12-8-7-11-22(23)27-24(29)17-28-15-13-21(14-16-28)25(30)26-19(3)20-9-5-4-6-10-20/h4-12,18-19,21H,13-17H2,1-3H3,(H,26,30)/t19-/m1/s1. The highest BCUT2D eigenvalue weighted by Gasteiger charge is 2.27. The Labute approximate surface area is 179 Å². The molecule has 3 aromatic rings. The predicted molar refractivity (Wildman–Crippen MR) is 121 cm³/mol. The summed E-state index contributed by atoms with van der Waals surface area (Å²) in [6.45, 7) is 9.17. The lowest BCUT2D eigenvalue weighted by atomic mass is 9.95. The number of carbonyl (C=O) groups is 1. The van der Waals surface area contributed by atoms with Crippen molar-refractivity contribution in [3.8, 4) is 0 Å². The Kier molecular flexibility index (Phi) is 6.18. The summed E-state index contributed by atoms with van der Waals surface area (Å²) >= 11 is 0. The Balaban J connectivity index is 1.35. The van der Waals surface area contributed by atoms with Gasteiger partial charge in [0.25, 0.3) is 0 Å². The minimum Gasteiger partial charge on any atom is -0.349 e. The first-order valence-electron chi connectivity index (χ1n) is 11.1. The van der Waals surface area contributed by atoms with Crippen LogP contribution in [0.5, 0.6) is 0 Å². The molecule has 1 aliphatic heterocycles. The molecule has 2 heterocycles. The van der Waals surface area contributed by atoms with Gasteiger partial charge in [0.15, 0.2) is 0 Å². The molecule has 1 atom stereocenters. The van der Waals surface area contributed by atoms with Crippen LogP contribution >= 0.6 is 0 Å². The topological polar surface area (TPSA) is 50.2 Å². The van der Waals surface area contributed by atoms with Gasteiger partial charge in [0.2, 0.25) is 5.91 Å². The zero-order chi connectivity index (χ0) is 21.1. The number of para-hydroxylation sites is 2. The van der Waals surface area contributed by atoms with E-state index in [0.717, 1.165) is 49.4 Å². The summed E-state index contributed by atoms with van der Waals surface area (Å²) in [4.78, 5) is 20.1. The Hall–Kier alpha value is -2.66. The molecule has 5 nitrogen and oxygen atoms in total. The molecule has 1 N–H and O–H groups in total. The quantitative estimate of drug-likeness (QED) is 0.647. The van der Waals surface area contributed by atoms with Crippen LogP contribution in [-0.2, 0) is 11.3 Å². The van der Waals surface area contributed by atoms with Gasteiger partial charge in [-0.15, -0.1) is 0 Å². The first-order chi connectivity index (χ1) is 14.5. The van der Waals surface area contributed by atoms with E-state index < -0.39 is 0 Å². The largest absolute Gasteiger partial charge is 0.349 e. The van der Waals surface area contributed by atoms with E-state index in [2.05, 4.69) is 65.9 Å². The highest BCUT2D eigenvalue weighted by Crippen LogP contribution is 2.25. The van der Waals surface area contributed by atoms with E-state index in [1.54, 1.807) is 0 Å². The summed E-state index contributed by atoms with van der Waals surface area (Å²) in [6, 6.07) is 18.9. The molecule has 4 rings (SSSR count). The van der Waals surface area contributed by atoms with E-state index >= 15 is 0 Å². The fourth-order valence-electron chi connectivity index (χ4n) is 4.49. The Bertz CT molecular complexity index is 987. The molecule has 0 spiro atoms. The van der Waals surface area contributed by atoms with Crippen LogP contribution in [0, 0.1) is 5.92 Å². The number of nitrogens with zero attached hydrogens (tertiary/aromatic N) is 3. The third kappa shape index (κ3) is 4.41. The SMILES string of the molecule is CC(C)n1c(CN2CCC(C(=O)N[C@H](C)c3ccccc3)CC2)nc2ccccc21. The number of amides is 1. The van der Waals surface area contributed by atoms with Crippen LogP contribution in [0.2, 0.25) is 0 Å². The van der Waals surface area contributed by atoms with Gasteiger partial charge >= 0.3 is 0 Å². The highest BCUT2D eigenvalue weighted by atomic mass is 16.1. The zero-order valence-electron chi connectivity index (χ0n) is 18.2. The van der Waals surface area contributed by atoms with Gasteiger partial charge in [0.05, 0.1) is 23.6 Å². The van der Waals surface area contributed by atoms with Crippen molar-refractivity contribution in [1.29, 1.82) is 0 Å². The molecule has 158 valence electrons. The minimum atomic E-state index is 0.0441. The van der Waals surface area contributed by atoms with Crippen LogP contribution < -0.4 is 5.32 Å². The molecular formula is C25H32N4O. The lowest BCUT2D eigenvalue weighted by molar-refractivity contribution is -0.127. The van der Waals surface area contributed by atoms with Gasteiger partial charge in [0.1, 0.15) is 5.82 Å². The van der Waals surface area contributed by atoms with E-state index in [1.807, 2.05) is 24.3 Å². The minimum absolute atomic E-state index is 0.0441. The number of imidazole rings is 1. The van der Waals surface area contributed by atoms with Crippen molar-refractivity contribution >= 4 is 16.9 Å². The third-order valence-electron chi connectivity index (χ3n) is 6.17. The average Bonchev–Trinajstić information content (AvgIpc) is 3.12. The number of hydrogen-bond acceptors (Lipinski definition) is 3. The number of rotatable bonds is 6. The lowest BCUT2D eigenvalue weighted by Crippen LogP contribution is -2.41. The molecule has 2 aromatic carbocycles. The number of benzene rings is 2. The summed E-state index contributed by atoms with van der Waals surface area (Å²) in [5.41, 5.74) is 3.41. The number of hydrogen-bond donors (Lipinski definition) is 1. The fourth-order valence-corrected chi connectivity index (χ4v) is 4.49. The van der Waals surface area contributed by atoms with E-state index in [4.69, 9.17) is 4.98 Å². The van der Waals surface area contributed by atoms with Crippen LogP contribution in [0.15, 0.2) is 54.6 Å². The fraction of sp³-hybridized carbons (Fsp3) is 0.440. The number of carbonyl (C=O) groups excluding carboxylic acids is 1. The van der Waals surface area contributed by atoms with Crippen LogP contribution in [0.25, 0.3) is 11.0 Å². The molecule has 0 bridgehead atoms. The van der Waals surface area contributed by atoms with Gasteiger partial charge in [0, 0.05) is 12.0 Å². The molecule has 1 saturated heterocycles. The van der Waals surface area contributed by atoms with Crippen molar-refractivity contribution in [3.63, 3.8) is 0 Å². The Morgan fingerprint density at radius 1 is 1.03 bits per heavy atom. The molecule has 1 amide bonds.